The second kappa shape index (κ2) is 4.38. The third kappa shape index (κ3) is 2.09. The zero-order chi connectivity index (χ0) is 12.6. The van der Waals surface area contributed by atoms with Gasteiger partial charge in [0.2, 0.25) is 0 Å². The highest BCUT2D eigenvalue weighted by Crippen LogP contribution is 2.36. The highest BCUT2D eigenvalue weighted by atomic mass is 32.2. The highest BCUT2D eigenvalue weighted by molar-refractivity contribution is 7.92. The lowest BCUT2D eigenvalue weighted by atomic mass is 10.0. The number of fused-ring (bicyclic) bond motifs is 1. The predicted molar refractivity (Wildman–Crippen MR) is 64.1 cm³/mol. The van der Waals surface area contributed by atoms with Crippen LogP contribution in [-0.4, -0.2) is 20.2 Å². The molecule has 1 aromatic rings. The molecule has 2 unspecified atom stereocenters. The van der Waals surface area contributed by atoms with E-state index in [1.54, 1.807) is 13.0 Å². The van der Waals surface area contributed by atoms with Crippen LogP contribution in [0.3, 0.4) is 0 Å². The van der Waals surface area contributed by atoms with Gasteiger partial charge in [0.15, 0.2) is 9.84 Å². The van der Waals surface area contributed by atoms with Gasteiger partial charge in [-0.15, -0.1) is 0 Å². The topological polar surface area (TPSA) is 46.2 Å². The molecule has 0 aromatic heterocycles. The van der Waals surface area contributed by atoms with Crippen LogP contribution in [0.25, 0.3) is 0 Å². The molecule has 0 aliphatic carbocycles. The van der Waals surface area contributed by atoms with E-state index in [1.165, 1.54) is 6.07 Å². The van der Waals surface area contributed by atoms with Gasteiger partial charge in [-0.1, -0.05) is 13.0 Å². The molecule has 0 fully saturated rings. The fourth-order valence-electron chi connectivity index (χ4n) is 2.28. The lowest BCUT2D eigenvalue weighted by Gasteiger charge is -2.30. The van der Waals surface area contributed by atoms with Crippen molar-refractivity contribution in [2.75, 3.05) is 6.54 Å². The second-order valence-corrected chi connectivity index (χ2v) is 6.72. The van der Waals surface area contributed by atoms with Crippen molar-refractivity contribution < 1.29 is 12.8 Å². The van der Waals surface area contributed by atoms with E-state index in [4.69, 9.17) is 0 Å². The van der Waals surface area contributed by atoms with Crippen molar-refractivity contribution in [3.63, 3.8) is 0 Å². The van der Waals surface area contributed by atoms with Crippen LogP contribution in [0.15, 0.2) is 23.1 Å². The number of sulfone groups is 1. The minimum absolute atomic E-state index is 0.00544. The summed E-state index contributed by atoms with van der Waals surface area (Å²) >= 11 is 0. The molecule has 17 heavy (non-hydrogen) atoms. The molecule has 94 valence electrons. The zero-order valence-corrected chi connectivity index (χ0v) is 10.7. The van der Waals surface area contributed by atoms with Gasteiger partial charge in [0.25, 0.3) is 0 Å². The molecule has 0 amide bonds. The molecular weight excluding hydrogens is 241 g/mol. The first-order chi connectivity index (χ1) is 7.96. The fraction of sp³-hybridized carbons (Fsp3) is 0.500. The second-order valence-electron chi connectivity index (χ2n) is 4.38. The van der Waals surface area contributed by atoms with Crippen molar-refractivity contribution in [3.8, 4) is 0 Å². The van der Waals surface area contributed by atoms with Gasteiger partial charge in [-0.05, 0) is 37.6 Å². The maximum Gasteiger partial charge on any atom is 0.181 e. The Bertz CT molecular complexity index is 527. The van der Waals surface area contributed by atoms with Gasteiger partial charge >= 0.3 is 0 Å². The Morgan fingerprint density at radius 3 is 2.82 bits per heavy atom. The zero-order valence-electron chi connectivity index (χ0n) is 9.90. The number of benzene rings is 1. The molecule has 2 rings (SSSR count). The summed E-state index contributed by atoms with van der Waals surface area (Å²) in [6, 6.07) is 4.01. The van der Waals surface area contributed by atoms with Gasteiger partial charge < -0.3 is 5.32 Å². The molecule has 0 saturated heterocycles. The average Bonchev–Trinajstić information content (AvgIpc) is 2.26. The van der Waals surface area contributed by atoms with Crippen molar-refractivity contribution in [2.45, 2.75) is 36.5 Å². The molecule has 0 spiro atoms. The first kappa shape index (κ1) is 12.5. The Morgan fingerprint density at radius 2 is 2.18 bits per heavy atom. The summed E-state index contributed by atoms with van der Waals surface area (Å²) in [6.07, 6.45) is 0.537. The molecule has 2 atom stereocenters. The monoisotopic (exact) mass is 257 g/mol. The quantitative estimate of drug-likeness (QED) is 0.882. The smallest absolute Gasteiger partial charge is 0.181 e. The maximum atomic E-state index is 13.2. The average molecular weight is 257 g/mol. The van der Waals surface area contributed by atoms with Gasteiger partial charge in [-0.3, -0.25) is 0 Å². The lowest BCUT2D eigenvalue weighted by Crippen LogP contribution is -2.34. The molecule has 1 heterocycles. The summed E-state index contributed by atoms with van der Waals surface area (Å²) in [5.41, 5.74) is 0.686. The molecule has 0 saturated carbocycles. The van der Waals surface area contributed by atoms with Crippen molar-refractivity contribution in [3.05, 3.63) is 29.6 Å². The van der Waals surface area contributed by atoms with E-state index in [2.05, 4.69) is 5.32 Å². The number of hydrogen-bond acceptors (Lipinski definition) is 3. The van der Waals surface area contributed by atoms with Crippen LogP contribution in [0.1, 0.15) is 31.9 Å². The summed E-state index contributed by atoms with van der Waals surface area (Å²) in [5.74, 6) is -0.503. The lowest BCUT2D eigenvalue weighted by molar-refractivity contribution is 0.471. The Kier molecular flexibility index (Phi) is 3.23. The Morgan fingerprint density at radius 1 is 1.47 bits per heavy atom. The van der Waals surface area contributed by atoms with Crippen LogP contribution in [-0.2, 0) is 9.84 Å². The van der Waals surface area contributed by atoms with Gasteiger partial charge in [-0.25, -0.2) is 12.8 Å². The van der Waals surface area contributed by atoms with Gasteiger partial charge in [0.05, 0.1) is 10.1 Å². The molecule has 0 radical (unpaired) electrons. The van der Waals surface area contributed by atoms with Crippen LogP contribution >= 0.6 is 0 Å². The number of rotatable bonds is 2. The van der Waals surface area contributed by atoms with Crippen LogP contribution in [0.4, 0.5) is 4.39 Å². The normalized spacial score (nSPS) is 26.5. The van der Waals surface area contributed by atoms with Gasteiger partial charge in [-0.2, -0.15) is 0 Å². The Labute approximate surface area is 101 Å². The molecule has 1 N–H and O–H groups in total. The van der Waals surface area contributed by atoms with Crippen molar-refractivity contribution >= 4 is 9.84 Å². The van der Waals surface area contributed by atoms with E-state index in [-0.39, 0.29) is 10.9 Å². The number of hydrogen-bond donors (Lipinski definition) is 1. The Hall–Kier alpha value is -0.940. The Balaban J connectivity index is 2.59. The number of nitrogens with one attached hydrogen (secondary N) is 1. The molecule has 1 aliphatic rings. The van der Waals surface area contributed by atoms with Crippen LogP contribution in [0.5, 0.6) is 0 Å². The first-order valence-corrected chi connectivity index (χ1v) is 7.28. The van der Waals surface area contributed by atoms with Gasteiger partial charge in [0, 0.05) is 6.04 Å². The highest BCUT2D eigenvalue weighted by Gasteiger charge is 2.35. The minimum Gasteiger partial charge on any atom is -0.310 e. The third-order valence-corrected chi connectivity index (χ3v) is 5.42. The van der Waals surface area contributed by atoms with E-state index in [0.717, 1.165) is 12.6 Å². The maximum absolute atomic E-state index is 13.2. The molecule has 1 aliphatic heterocycles. The minimum atomic E-state index is -3.37. The molecule has 5 heteroatoms. The number of halogens is 1. The summed E-state index contributed by atoms with van der Waals surface area (Å²) in [4.78, 5) is 0.141. The van der Waals surface area contributed by atoms with E-state index in [1.807, 2.05) is 6.92 Å². The molecule has 3 nitrogen and oxygen atoms in total. The van der Waals surface area contributed by atoms with E-state index in [9.17, 15) is 12.8 Å². The summed E-state index contributed by atoms with van der Waals surface area (Å²) < 4.78 is 37.4. The van der Waals surface area contributed by atoms with E-state index >= 15 is 0 Å². The standard InChI is InChI=1S/C12H16FNO2S/c1-3-14-11-6-8(2)17(15,16)12-7-9(13)4-5-10(11)12/h4-5,7-8,11,14H,3,6H2,1-2H3. The van der Waals surface area contributed by atoms with E-state index < -0.39 is 20.9 Å². The third-order valence-electron chi connectivity index (χ3n) is 3.21. The van der Waals surface area contributed by atoms with Crippen molar-refractivity contribution in [2.24, 2.45) is 0 Å². The molecule has 1 aromatic carbocycles. The van der Waals surface area contributed by atoms with Gasteiger partial charge in [0.1, 0.15) is 5.82 Å². The van der Waals surface area contributed by atoms with Crippen LogP contribution in [0.2, 0.25) is 0 Å². The first-order valence-electron chi connectivity index (χ1n) is 5.73. The van der Waals surface area contributed by atoms with Crippen LogP contribution in [0, 0.1) is 5.82 Å². The van der Waals surface area contributed by atoms with Crippen molar-refractivity contribution in [1.82, 2.24) is 5.32 Å². The van der Waals surface area contributed by atoms with E-state index in [0.29, 0.717) is 12.0 Å². The summed E-state index contributed by atoms with van der Waals surface area (Å²) in [6.45, 7) is 4.40. The molecular formula is C12H16FNO2S. The SMILES string of the molecule is CCNC1CC(C)S(=O)(=O)c2cc(F)ccc21. The van der Waals surface area contributed by atoms with Crippen molar-refractivity contribution in [1.29, 1.82) is 0 Å². The van der Waals surface area contributed by atoms with Crippen LogP contribution < -0.4 is 5.32 Å². The summed E-state index contributed by atoms with van der Waals surface area (Å²) in [7, 11) is -3.37. The summed E-state index contributed by atoms with van der Waals surface area (Å²) in [5, 5.41) is 2.77. The largest absolute Gasteiger partial charge is 0.310 e. The predicted octanol–water partition coefficient (Wildman–Crippen LogP) is 2.04. The molecule has 0 bridgehead atoms. The fourth-order valence-corrected chi connectivity index (χ4v) is 3.98.